The molecule has 0 fully saturated rings. The second-order valence-electron chi connectivity index (χ2n) is 4.27. The Kier molecular flexibility index (Phi) is 5.76. The molecule has 1 aromatic heterocycles. The zero-order valence-corrected chi connectivity index (χ0v) is 12.6. The Morgan fingerprint density at radius 3 is 2.95 bits per heavy atom. The first-order valence-corrected chi connectivity index (χ1v) is 7.40. The fourth-order valence-corrected chi connectivity index (χ4v) is 2.34. The van der Waals surface area contributed by atoms with Crippen molar-refractivity contribution in [1.29, 1.82) is 0 Å². The zero-order valence-electron chi connectivity index (χ0n) is 11.8. The summed E-state index contributed by atoms with van der Waals surface area (Å²) in [5.74, 6) is 0.841. The molecule has 0 unspecified atom stereocenters. The van der Waals surface area contributed by atoms with E-state index in [0.29, 0.717) is 13.2 Å². The minimum atomic E-state index is 0.475. The highest BCUT2D eigenvalue weighted by molar-refractivity contribution is 7.15. The molecule has 1 heterocycles. The van der Waals surface area contributed by atoms with Gasteiger partial charge in [-0.2, -0.15) is 0 Å². The second-order valence-corrected chi connectivity index (χ2v) is 5.33. The van der Waals surface area contributed by atoms with Crippen LogP contribution in [0.4, 0.5) is 5.13 Å². The average molecular weight is 293 g/mol. The molecule has 0 aliphatic carbocycles. The summed E-state index contributed by atoms with van der Waals surface area (Å²) in [6.07, 6.45) is 1.07. The van der Waals surface area contributed by atoms with E-state index in [1.807, 2.05) is 24.3 Å². The Labute approximate surface area is 123 Å². The number of hydrogen-bond donors (Lipinski definition) is 1. The van der Waals surface area contributed by atoms with Crippen molar-refractivity contribution in [2.75, 3.05) is 19.0 Å². The van der Waals surface area contributed by atoms with Crippen LogP contribution in [-0.4, -0.2) is 23.9 Å². The first-order valence-electron chi connectivity index (χ1n) is 6.58. The fourth-order valence-electron chi connectivity index (χ4n) is 1.63. The van der Waals surface area contributed by atoms with Crippen molar-refractivity contribution in [1.82, 2.24) is 10.2 Å². The van der Waals surface area contributed by atoms with Crippen LogP contribution in [0.25, 0.3) is 0 Å². The molecule has 0 radical (unpaired) electrons. The highest BCUT2D eigenvalue weighted by Crippen LogP contribution is 2.17. The molecule has 20 heavy (non-hydrogen) atoms. The summed E-state index contributed by atoms with van der Waals surface area (Å²) >= 11 is 1.53. The monoisotopic (exact) mass is 293 g/mol. The quantitative estimate of drug-likeness (QED) is 0.810. The average Bonchev–Trinajstić information content (AvgIpc) is 2.93. The van der Waals surface area contributed by atoms with Crippen LogP contribution in [0.2, 0.25) is 0 Å². The summed E-state index contributed by atoms with van der Waals surface area (Å²) in [5, 5.41) is 13.1. The number of benzene rings is 1. The van der Waals surface area contributed by atoms with E-state index in [4.69, 9.17) is 9.47 Å². The summed E-state index contributed by atoms with van der Waals surface area (Å²) in [4.78, 5) is 0. The van der Waals surface area contributed by atoms with E-state index in [1.54, 1.807) is 7.11 Å². The molecule has 0 bridgehead atoms. The van der Waals surface area contributed by atoms with E-state index >= 15 is 0 Å². The van der Waals surface area contributed by atoms with Gasteiger partial charge in [0.1, 0.15) is 17.4 Å². The minimum Gasteiger partial charge on any atom is -0.497 e. The van der Waals surface area contributed by atoms with Crippen LogP contribution in [0.1, 0.15) is 23.9 Å². The number of hydrogen-bond acceptors (Lipinski definition) is 6. The van der Waals surface area contributed by atoms with Crippen LogP contribution in [-0.2, 0) is 18.0 Å². The Bertz CT molecular complexity index is 531. The summed E-state index contributed by atoms with van der Waals surface area (Å²) < 4.78 is 10.8. The van der Waals surface area contributed by atoms with Crippen molar-refractivity contribution in [3.63, 3.8) is 0 Å². The van der Waals surface area contributed by atoms with E-state index in [0.717, 1.165) is 34.4 Å². The van der Waals surface area contributed by atoms with E-state index < -0.39 is 0 Å². The molecule has 1 aromatic carbocycles. The Balaban J connectivity index is 1.78. The number of nitrogens with one attached hydrogen (secondary N) is 1. The molecule has 0 saturated carbocycles. The molecule has 1 N–H and O–H groups in total. The van der Waals surface area contributed by atoms with Crippen molar-refractivity contribution in [2.24, 2.45) is 0 Å². The van der Waals surface area contributed by atoms with Crippen LogP contribution >= 0.6 is 11.3 Å². The van der Waals surface area contributed by atoms with Crippen LogP contribution in [0, 0.1) is 0 Å². The summed E-state index contributed by atoms with van der Waals surface area (Å²) in [7, 11) is 1.66. The number of rotatable bonds is 8. The highest BCUT2D eigenvalue weighted by atomic mass is 32.1. The van der Waals surface area contributed by atoms with Gasteiger partial charge in [0.2, 0.25) is 5.13 Å². The Morgan fingerprint density at radius 1 is 1.25 bits per heavy atom. The second kappa shape index (κ2) is 7.81. The van der Waals surface area contributed by atoms with Crippen LogP contribution < -0.4 is 10.1 Å². The number of ether oxygens (including phenoxy) is 2. The van der Waals surface area contributed by atoms with E-state index in [-0.39, 0.29) is 0 Å². The molecular formula is C14H19N3O2S. The third-order valence-electron chi connectivity index (χ3n) is 2.62. The molecule has 6 heteroatoms. The van der Waals surface area contributed by atoms with Gasteiger partial charge < -0.3 is 14.8 Å². The largest absolute Gasteiger partial charge is 0.497 e. The zero-order chi connectivity index (χ0) is 14.2. The number of anilines is 1. The molecule has 108 valence electrons. The molecule has 2 rings (SSSR count). The van der Waals surface area contributed by atoms with Gasteiger partial charge in [0.15, 0.2) is 0 Å². The Hall–Kier alpha value is -1.66. The van der Waals surface area contributed by atoms with Crippen LogP contribution in [0.15, 0.2) is 24.3 Å². The lowest BCUT2D eigenvalue weighted by atomic mass is 10.2. The molecule has 0 amide bonds. The van der Waals surface area contributed by atoms with Crippen molar-refractivity contribution in [2.45, 2.75) is 26.6 Å². The fraction of sp³-hybridized carbons (Fsp3) is 0.429. The SMILES string of the molecule is CCCNc1nnc(COCc2cccc(OC)c2)s1. The van der Waals surface area contributed by atoms with E-state index in [1.165, 1.54) is 11.3 Å². The maximum absolute atomic E-state index is 5.65. The van der Waals surface area contributed by atoms with E-state index in [9.17, 15) is 0 Å². The molecule has 0 atom stereocenters. The molecule has 0 saturated heterocycles. The number of methoxy groups -OCH3 is 1. The molecular weight excluding hydrogens is 274 g/mol. The molecule has 0 aliphatic heterocycles. The third kappa shape index (κ3) is 4.47. The minimum absolute atomic E-state index is 0.475. The maximum Gasteiger partial charge on any atom is 0.205 e. The maximum atomic E-state index is 5.65. The smallest absolute Gasteiger partial charge is 0.205 e. The van der Waals surface area contributed by atoms with E-state index in [2.05, 4.69) is 22.4 Å². The Morgan fingerprint density at radius 2 is 2.15 bits per heavy atom. The van der Waals surface area contributed by atoms with Gasteiger partial charge in [-0.1, -0.05) is 30.4 Å². The van der Waals surface area contributed by atoms with Crippen molar-refractivity contribution < 1.29 is 9.47 Å². The van der Waals surface area contributed by atoms with Gasteiger partial charge in [-0.25, -0.2) is 0 Å². The summed E-state index contributed by atoms with van der Waals surface area (Å²) in [5.41, 5.74) is 1.08. The van der Waals surface area contributed by atoms with Gasteiger partial charge in [0.25, 0.3) is 0 Å². The number of nitrogens with zero attached hydrogens (tertiary/aromatic N) is 2. The predicted octanol–water partition coefficient (Wildman–Crippen LogP) is 3.09. The van der Waals surface area contributed by atoms with Crippen molar-refractivity contribution in [3.05, 3.63) is 34.8 Å². The summed E-state index contributed by atoms with van der Waals surface area (Å²) in [6.45, 7) is 4.04. The summed E-state index contributed by atoms with van der Waals surface area (Å²) in [6, 6.07) is 7.85. The predicted molar refractivity (Wildman–Crippen MR) is 80.2 cm³/mol. The van der Waals surface area contributed by atoms with Gasteiger partial charge in [0, 0.05) is 6.54 Å². The van der Waals surface area contributed by atoms with Crippen molar-refractivity contribution in [3.8, 4) is 5.75 Å². The first-order chi connectivity index (χ1) is 9.81. The van der Waals surface area contributed by atoms with Crippen LogP contribution in [0.5, 0.6) is 5.75 Å². The molecule has 0 aliphatic rings. The van der Waals surface area contributed by atoms with Gasteiger partial charge in [-0.3, -0.25) is 0 Å². The lowest BCUT2D eigenvalue weighted by Crippen LogP contribution is -1.98. The van der Waals surface area contributed by atoms with Gasteiger partial charge >= 0.3 is 0 Å². The molecule has 0 spiro atoms. The third-order valence-corrected chi connectivity index (χ3v) is 3.48. The van der Waals surface area contributed by atoms with Gasteiger partial charge in [-0.05, 0) is 24.1 Å². The van der Waals surface area contributed by atoms with Crippen molar-refractivity contribution >= 4 is 16.5 Å². The normalized spacial score (nSPS) is 10.5. The van der Waals surface area contributed by atoms with Gasteiger partial charge in [-0.15, -0.1) is 10.2 Å². The number of aromatic nitrogens is 2. The van der Waals surface area contributed by atoms with Gasteiger partial charge in [0.05, 0.1) is 13.7 Å². The standard InChI is InChI=1S/C14H19N3O2S/c1-3-7-15-14-17-16-13(20-14)10-19-9-11-5-4-6-12(8-11)18-2/h4-6,8H,3,7,9-10H2,1-2H3,(H,15,17). The lowest BCUT2D eigenvalue weighted by Gasteiger charge is -2.04. The molecule has 2 aromatic rings. The topological polar surface area (TPSA) is 56.3 Å². The molecule has 5 nitrogen and oxygen atoms in total. The van der Waals surface area contributed by atoms with Crippen LogP contribution in [0.3, 0.4) is 0 Å². The highest BCUT2D eigenvalue weighted by Gasteiger charge is 2.04. The first kappa shape index (κ1) is 14.7. The lowest BCUT2D eigenvalue weighted by molar-refractivity contribution is 0.106.